The van der Waals surface area contributed by atoms with Gasteiger partial charge in [-0.15, -0.1) is 0 Å². The van der Waals surface area contributed by atoms with E-state index in [-0.39, 0.29) is 0 Å². The summed E-state index contributed by atoms with van der Waals surface area (Å²) in [5.74, 6) is -0.646. The molecule has 0 fully saturated rings. The molecule has 3 nitrogen and oxygen atoms in total. The third-order valence-electron chi connectivity index (χ3n) is 9.52. The number of hydrogen-bond donors (Lipinski definition) is 1. The van der Waals surface area contributed by atoms with Crippen LogP contribution in [0.15, 0.2) is 0 Å². The molecule has 0 bridgehead atoms. The van der Waals surface area contributed by atoms with Crippen LogP contribution in [0.4, 0.5) is 0 Å². The molecule has 0 aliphatic carbocycles. The minimum Gasteiger partial charge on any atom is -0.481 e. The second-order valence-corrected chi connectivity index (χ2v) is 13.9. The first-order valence-electron chi connectivity index (χ1n) is 20.1. The highest BCUT2D eigenvalue weighted by molar-refractivity contribution is 5.66. The highest BCUT2D eigenvalue weighted by Gasteiger charge is 2.06. The molecule has 3 heteroatoms. The molecule has 0 amide bonds. The van der Waals surface area contributed by atoms with Crippen LogP contribution in [-0.4, -0.2) is 35.6 Å². The van der Waals surface area contributed by atoms with E-state index in [0.717, 1.165) is 25.8 Å². The van der Waals surface area contributed by atoms with Crippen LogP contribution in [0.5, 0.6) is 0 Å². The number of unbranched alkanes of at least 4 members (excludes halogenated alkanes) is 30. The molecule has 258 valence electrons. The Kier molecular flexibility index (Phi) is 37.1. The van der Waals surface area contributed by atoms with Gasteiger partial charge in [0.1, 0.15) is 0 Å². The summed E-state index contributed by atoms with van der Waals surface area (Å²) in [6, 6.07) is 0. The number of nitrogens with zero attached hydrogens (tertiary/aromatic N) is 1. The maximum Gasteiger partial charge on any atom is 0.303 e. The molecule has 0 unspecified atom stereocenters. The van der Waals surface area contributed by atoms with Crippen molar-refractivity contribution in [3.8, 4) is 0 Å². The third-order valence-corrected chi connectivity index (χ3v) is 9.52. The maximum atomic E-state index is 10.8. The zero-order valence-electron chi connectivity index (χ0n) is 30.0. The molecule has 0 aromatic rings. The van der Waals surface area contributed by atoms with Crippen molar-refractivity contribution in [3.63, 3.8) is 0 Å². The molecule has 0 atom stereocenters. The molecule has 0 saturated heterocycles. The van der Waals surface area contributed by atoms with E-state index in [1.54, 1.807) is 0 Å². The van der Waals surface area contributed by atoms with Gasteiger partial charge in [-0.05, 0) is 45.3 Å². The van der Waals surface area contributed by atoms with Gasteiger partial charge in [-0.2, -0.15) is 0 Å². The van der Waals surface area contributed by atoms with Gasteiger partial charge in [0.2, 0.25) is 0 Å². The lowest BCUT2D eigenvalue weighted by atomic mass is 10.0. The van der Waals surface area contributed by atoms with Gasteiger partial charge in [0.05, 0.1) is 0 Å². The van der Waals surface area contributed by atoms with E-state index < -0.39 is 5.97 Å². The second kappa shape index (κ2) is 37.6. The molecule has 0 radical (unpaired) electrons. The molecule has 0 aliphatic heterocycles. The number of carboxylic acids is 1. The number of carbonyl (C=O) groups is 1. The predicted octanol–water partition coefficient (Wildman–Crippen LogP) is 13.7. The van der Waals surface area contributed by atoms with Crippen molar-refractivity contribution in [1.29, 1.82) is 0 Å². The van der Waals surface area contributed by atoms with E-state index in [2.05, 4.69) is 18.7 Å². The molecule has 0 spiro atoms. The number of rotatable bonds is 38. The second-order valence-electron chi connectivity index (χ2n) is 13.9. The highest BCUT2D eigenvalue weighted by Crippen LogP contribution is 2.16. The summed E-state index contributed by atoms with van der Waals surface area (Å²) in [5.41, 5.74) is 0. The smallest absolute Gasteiger partial charge is 0.303 e. The monoisotopic (exact) mass is 608 g/mol. The van der Waals surface area contributed by atoms with Crippen LogP contribution < -0.4 is 0 Å². The summed E-state index contributed by atoms with van der Waals surface area (Å²) < 4.78 is 0. The Morgan fingerprint density at radius 1 is 0.349 bits per heavy atom. The highest BCUT2D eigenvalue weighted by atomic mass is 16.4. The van der Waals surface area contributed by atoms with Crippen molar-refractivity contribution in [2.24, 2.45) is 0 Å². The van der Waals surface area contributed by atoms with E-state index in [4.69, 9.17) is 5.11 Å². The Morgan fingerprint density at radius 2 is 0.558 bits per heavy atom. The summed E-state index contributed by atoms with van der Waals surface area (Å²) >= 11 is 0. The van der Waals surface area contributed by atoms with Crippen LogP contribution in [0.1, 0.15) is 232 Å². The van der Waals surface area contributed by atoms with Crippen LogP contribution in [0.25, 0.3) is 0 Å². The van der Waals surface area contributed by atoms with Crippen LogP contribution in [0, 0.1) is 0 Å². The maximum absolute atomic E-state index is 10.8. The first-order valence-corrected chi connectivity index (χ1v) is 20.1. The summed E-state index contributed by atoms with van der Waals surface area (Å²) in [6.45, 7) is 8.25. The average Bonchev–Trinajstić information content (AvgIpc) is 3.00. The van der Waals surface area contributed by atoms with Crippen molar-refractivity contribution >= 4 is 5.97 Å². The van der Waals surface area contributed by atoms with Gasteiger partial charge in [0.25, 0.3) is 0 Å². The minimum atomic E-state index is -0.646. The quantitative estimate of drug-likeness (QED) is 0.0710. The van der Waals surface area contributed by atoms with E-state index in [0.29, 0.717) is 6.42 Å². The van der Waals surface area contributed by atoms with Gasteiger partial charge in [-0.1, -0.05) is 200 Å². The lowest BCUT2D eigenvalue weighted by molar-refractivity contribution is -0.137. The number of carboxylic acid groups (broad SMARTS) is 1. The Balaban J connectivity index is 3.75. The first-order chi connectivity index (χ1) is 21.2. The van der Waals surface area contributed by atoms with Crippen LogP contribution >= 0.6 is 0 Å². The van der Waals surface area contributed by atoms with Crippen molar-refractivity contribution in [2.75, 3.05) is 19.6 Å². The fourth-order valence-electron chi connectivity index (χ4n) is 6.54. The van der Waals surface area contributed by atoms with Gasteiger partial charge in [0.15, 0.2) is 0 Å². The van der Waals surface area contributed by atoms with Crippen LogP contribution in [-0.2, 0) is 4.79 Å². The average molecular weight is 608 g/mol. The topological polar surface area (TPSA) is 40.5 Å². The summed E-state index contributed by atoms with van der Waals surface area (Å²) in [6.07, 6.45) is 46.1. The fraction of sp³-hybridized carbons (Fsp3) is 0.975. The summed E-state index contributed by atoms with van der Waals surface area (Å²) in [7, 11) is 0. The summed E-state index contributed by atoms with van der Waals surface area (Å²) in [5, 5.41) is 8.92. The standard InChI is InChI=1S/C40H81NO2/c1-3-5-7-9-11-13-15-17-19-21-23-25-27-29-33-37-41(39-35-31-32-36-40(42)43)38-34-30-28-26-24-22-20-18-16-14-12-10-8-6-4-2/h3-39H2,1-2H3,(H,42,43). The fourth-order valence-corrected chi connectivity index (χ4v) is 6.54. The van der Waals surface area contributed by atoms with E-state index >= 15 is 0 Å². The molecule has 0 aromatic heterocycles. The predicted molar refractivity (Wildman–Crippen MR) is 192 cm³/mol. The Bertz CT molecular complexity index is 489. The molecular formula is C40H81NO2. The van der Waals surface area contributed by atoms with Crippen molar-refractivity contribution in [2.45, 2.75) is 232 Å². The number of aliphatic carboxylic acids is 1. The largest absolute Gasteiger partial charge is 0.481 e. The molecule has 0 saturated carbocycles. The van der Waals surface area contributed by atoms with Gasteiger partial charge < -0.3 is 10.0 Å². The van der Waals surface area contributed by atoms with Crippen LogP contribution in [0.3, 0.4) is 0 Å². The van der Waals surface area contributed by atoms with E-state index in [9.17, 15) is 4.79 Å². The zero-order chi connectivity index (χ0) is 31.3. The van der Waals surface area contributed by atoms with Crippen molar-refractivity contribution in [3.05, 3.63) is 0 Å². The summed E-state index contributed by atoms with van der Waals surface area (Å²) in [4.78, 5) is 13.5. The van der Waals surface area contributed by atoms with Crippen molar-refractivity contribution in [1.82, 2.24) is 4.90 Å². The molecule has 0 aromatic carbocycles. The third kappa shape index (κ3) is 37.5. The van der Waals surface area contributed by atoms with Gasteiger partial charge in [-0.3, -0.25) is 4.79 Å². The number of hydrogen-bond acceptors (Lipinski definition) is 2. The van der Waals surface area contributed by atoms with Crippen molar-refractivity contribution < 1.29 is 9.90 Å². The normalized spacial score (nSPS) is 11.6. The molecule has 0 aliphatic rings. The van der Waals surface area contributed by atoms with Crippen LogP contribution in [0.2, 0.25) is 0 Å². The van der Waals surface area contributed by atoms with Gasteiger partial charge in [0, 0.05) is 6.42 Å². The molecular weight excluding hydrogens is 526 g/mol. The molecule has 0 heterocycles. The molecule has 0 rings (SSSR count). The van der Waals surface area contributed by atoms with E-state index in [1.165, 1.54) is 206 Å². The Morgan fingerprint density at radius 3 is 0.791 bits per heavy atom. The molecule has 1 N–H and O–H groups in total. The molecule has 43 heavy (non-hydrogen) atoms. The SMILES string of the molecule is CCCCCCCCCCCCCCCCCN(CCCCCCCCCCCCCCCCC)CCCCCC(=O)O. The van der Waals surface area contributed by atoms with E-state index in [1.807, 2.05) is 0 Å². The lowest BCUT2D eigenvalue weighted by Crippen LogP contribution is -2.27. The Hall–Kier alpha value is -0.570. The zero-order valence-corrected chi connectivity index (χ0v) is 30.0. The minimum absolute atomic E-state index is 0.331. The lowest BCUT2D eigenvalue weighted by Gasteiger charge is -2.22. The van der Waals surface area contributed by atoms with Gasteiger partial charge in [-0.25, -0.2) is 0 Å². The first kappa shape index (κ1) is 42.4. The van der Waals surface area contributed by atoms with Gasteiger partial charge >= 0.3 is 5.97 Å². The Labute approximate surface area is 272 Å².